The van der Waals surface area contributed by atoms with Crippen LogP contribution in [-0.4, -0.2) is 10.1 Å². The predicted molar refractivity (Wildman–Crippen MR) is 61.3 cm³/mol. The van der Waals surface area contributed by atoms with Crippen LogP contribution in [-0.2, 0) is 0 Å². The standard InChI is InChI=1S/C13H11F2NO2/c1-8(17)9-5-6-12(16-7-9)18-11-4-2-3-10(14)13(11)15/h2-8,17H,1H3/t8-/m0/s1. The number of aliphatic hydroxyl groups is 1. The maximum absolute atomic E-state index is 13.3. The number of nitrogens with zero attached hydrogens (tertiary/aromatic N) is 1. The molecule has 0 saturated carbocycles. The Labute approximate surface area is 103 Å². The number of hydrogen-bond acceptors (Lipinski definition) is 3. The fourth-order valence-electron chi connectivity index (χ4n) is 1.37. The summed E-state index contributed by atoms with van der Waals surface area (Å²) in [5, 5.41) is 9.29. The van der Waals surface area contributed by atoms with E-state index in [0.29, 0.717) is 5.56 Å². The normalized spacial score (nSPS) is 12.2. The summed E-state index contributed by atoms with van der Waals surface area (Å²) in [7, 11) is 0. The average Bonchev–Trinajstić information content (AvgIpc) is 2.36. The fraction of sp³-hybridized carbons (Fsp3) is 0.154. The molecule has 0 aliphatic carbocycles. The molecule has 1 N–H and O–H groups in total. The molecule has 1 heterocycles. The van der Waals surface area contributed by atoms with Crippen LogP contribution in [0, 0.1) is 11.6 Å². The smallest absolute Gasteiger partial charge is 0.219 e. The van der Waals surface area contributed by atoms with Crippen molar-refractivity contribution < 1.29 is 18.6 Å². The van der Waals surface area contributed by atoms with E-state index in [1.165, 1.54) is 24.4 Å². The van der Waals surface area contributed by atoms with Crippen LogP contribution in [0.3, 0.4) is 0 Å². The highest BCUT2D eigenvalue weighted by Gasteiger charge is 2.10. The van der Waals surface area contributed by atoms with E-state index in [-0.39, 0.29) is 11.6 Å². The summed E-state index contributed by atoms with van der Waals surface area (Å²) in [6.45, 7) is 1.60. The van der Waals surface area contributed by atoms with E-state index in [9.17, 15) is 13.9 Å². The lowest BCUT2D eigenvalue weighted by Gasteiger charge is -2.08. The van der Waals surface area contributed by atoms with E-state index >= 15 is 0 Å². The highest BCUT2D eigenvalue weighted by molar-refractivity contribution is 5.30. The van der Waals surface area contributed by atoms with Gasteiger partial charge in [-0.05, 0) is 30.7 Å². The van der Waals surface area contributed by atoms with Gasteiger partial charge in [-0.25, -0.2) is 9.37 Å². The quantitative estimate of drug-likeness (QED) is 0.910. The molecule has 0 unspecified atom stereocenters. The summed E-state index contributed by atoms with van der Waals surface area (Å²) in [5.74, 6) is -2.14. The minimum Gasteiger partial charge on any atom is -0.436 e. The van der Waals surface area contributed by atoms with Gasteiger partial charge >= 0.3 is 0 Å². The number of benzene rings is 1. The summed E-state index contributed by atoms with van der Waals surface area (Å²) in [6.07, 6.45) is 0.773. The molecule has 0 aliphatic rings. The van der Waals surface area contributed by atoms with Gasteiger partial charge in [0.25, 0.3) is 0 Å². The summed E-state index contributed by atoms with van der Waals surface area (Å²) >= 11 is 0. The van der Waals surface area contributed by atoms with Crippen molar-refractivity contribution in [3.63, 3.8) is 0 Å². The third kappa shape index (κ3) is 2.62. The lowest BCUT2D eigenvalue weighted by atomic mass is 10.2. The zero-order chi connectivity index (χ0) is 13.1. The molecule has 2 aromatic rings. The van der Waals surface area contributed by atoms with Gasteiger partial charge in [-0.1, -0.05) is 6.07 Å². The summed E-state index contributed by atoms with van der Waals surface area (Å²) in [6, 6.07) is 6.74. The lowest BCUT2D eigenvalue weighted by molar-refractivity contribution is 0.198. The Morgan fingerprint density at radius 2 is 2.00 bits per heavy atom. The molecule has 5 heteroatoms. The SMILES string of the molecule is C[C@H](O)c1ccc(Oc2cccc(F)c2F)nc1. The Morgan fingerprint density at radius 3 is 2.61 bits per heavy atom. The molecule has 0 amide bonds. The first-order chi connectivity index (χ1) is 8.58. The van der Waals surface area contributed by atoms with Crippen molar-refractivity contribution in [1.82, 2.24) is 4.98 Å². The van der Waals surface area contributed by atoms with Crippen LogP contribution >= 0.6 is 0 Å². The molecule has 0 bridgehead atoms. The van der Waals surface area contributed by atoms with Gasteiger partial charge in [0.15, 0.2) is 11.6 Å². The first-order valence-corrected chi connectivity index (χ1v) is 5.34. The monoisotopic (exact) mass is 251 g/mol. The average molecular weight is 251 g/mol. The second-order valence-corrected chi connectivity index (χ2v) is 3.76. The Bertz CT molecular complexity index is 541. The first kappa shape index (κ1) is 12.4. The van der Waals surface area contributed by atoms with E-state index < -0.39 is 17.7 Å². The van der Waals surface area contributed by atoms with Crippen molar-refractivity contribution in [3.8, 4) is 11.6 Å². The highest BCUT2D eigenvalue weighted by Crippen LogP contribution is 2.25. The van der Waals surface area contributed by atoms with Gasteiger partial charge in [0.05, 0.1) is 6.10 Å². The van der Waals surface area contributed by atoms with Crippen molar-refractivity contribution in [2.45, 2.75) is 13.0 Å². The topological polar surface area (TPSA) is 42.4 Å². The van der Waals surface area contributed by atoms with Gasteiger partial charge in [0.2, 0.25) is 11.7 Å². The van der Waals surface area contributed by atoms with Crippen LogP contribution in [0.1, 0.15) is 18.6 Å². The van der Waals surface area contributed by atoms with Gasteiger partial charge in [0.1, 0.15) is 0 Å². The van der Waals surface area contributed by atoms with E-state index in [2.05, 4.69) is 4.98 Å². The number of aromatic nitrogens is 1. The number of halogens is 2. The maximum Gasteiger partial charge on any atom is 0.219 e. The maximum atomic E-state index is 13.3. The predicted octanol–water partition coefficient (Wildman–Crippen LogP) is 3.21. The third-order valence-corrected chi connectivity index (χ3v) is 2.37. The molecular formula is C13H11F2NO2. The Morgan fingerprint density at radius 1 is 1.22 bits per heavy atom. The molecule has 94 valence electrons. The minimum absolute atomic E-state index is 0.129. The van der Waals surface area contributed by atoms with E-state index in [0.717, 1.165) is 6.07 Å². The number of ether oxygens (including phenoxy) is 1. The van der Waals surface area contributed by atoms with Crippen LogP contribution in [0.2, 0.25) is 0 Å². The molecule has 18 heavy (non-hydrogen) atoms. The van der Waals surface area contributed by atoms with Crippen molar-refractivity contribution >= 4 is 0 Å². The van der Waals surface area contributed by atoms with Gasteiger partial charge in [-0.2, -0.15) is 4.39 Å². The zero-order valence-corrected chi connectivity index (χ0v) is 9.60. The molecule has 1 atom stereocenters. The van der Waals surface area contributed by atoms with Crippen molar-refractivity contribution in [2.75, 3.05) is 0 Å². The van der Waals surface area contributed by atoms with E-state index in [1.54, 1.807) is 13.0 Å². The molecule has 0 aliphatic heterocycles. The zero-order valence-electron chi connectivity index (χ0n) is 9.60. The summed E-state index contributed by atoms with van der Waals surface area (Å²) in [4.78, 5) is 3.89. The van der Waals surface area contributed by atoms with E-state index in [1.807, 2.05) is 0 Å². The number of rotatable bonds is 3. The molecule has 0 radical (unpaired) electrons. The van der Waals surface area contributed by atoms with Crippen molar-refractivity contribution in [2.24, 2.45) is 0 Å². The molecule has 0 saturated heterocycles. The Hall–Kier alpha value is -2.01. The fourth-order valence-corrected chi connectivity index (χ4v) is 1.37. The number of hydrogen-bond donors (Lipinski definition) is 1. The molecule has 0 fully saturated rings. The minimum atomic E-state index is -1.06. The van der Waals surface area contributed by atoms with Gasteiger partial charge in [-0.15, -0.1) is 0 Å². The second kappa shape index (κ2) is 5.10. The van der Waals surface area contributed by atoms with Gasteiger partial charge in [0, 0.05) is 12.3 Å². The third-order valence-electron chi connectivity index (χ3n) is 2.37. The largest absolute Gasteiger partial charge is 0.436 e. The van der Waals surface area contributed by atoms with Crippen LogP contribution in [0.5, 0.6) is 11.6 Å². The Kier molecular flexibility index (Phi) is 3.53. The summed E-state index contributed by atoms with van der Waals surface area (Å²) < 4.78 is 31.4. The lowest BCUT2D eigenvalue weighted by Crippen LogP contribution is -1.95. The molecule has 0 spiro atoms. The second-order valence-electron chi connectivity index (χ2n) is 3.76. The molecule has 1 aromatic carbocycles. The van der Waals surface area contributed by atoms with Gasteiger partial charge in [-0.3, -0.25) is 0 Å². The summed E-state index contributed by atoms with van der Waals surface area (Å²) in [5.41, 5.74) is 0.613. The van der Waals surface area contributed by atoms with Crippen LogP contribution in [0.15, 0.2) is 36.5 Å². The number of aliphatic hydroxyl groups excluding tert-OH is 1. The van der Waals surface area contributed by atoms with Gasteiger partial charge < -0.3 is 9.84 Å². The molecule has 1 aromatic heterocycles. The van der Waals surface area contributed by atoms with Crippen LogP contribution < -0.4 is 4.74 Å². The molecule has 3 nitrogen and oxygen atoms in total. The molecule has 2 rings (SSSR count). The van der Waals surface area contributed by atoms with Crippen LogP contribution in [0.25, 0.3) is 0 Å². The molecular weight excluding hydrogens is 240 g/mol. The van der Waals surface area contributed by atoms with Crippen LogP contribution in [0.4, 0.5) is 8.78 Å². The highest BCUT2D eigenvalue weighted by atomic mass is 19.2. The first-order valence-electron chi connectivity index (χ1n) is 5.34. The number of pyridine rings is 1. The van der Waals surface area contributed by atoms with Crippen molar-refractivity contribution in [3.05, 3.63) is 53.7 Å². The van der Waals surface area contributed by atoms with Crippen molar-refractivity contribution in [1.29, 1.82) is 0 Å². The Balaban J connectivity index is 2.21. The van der Waals surface area contributed by atoms with E-state index in [4.69, 9.17) is 4.74 Å².